The van der Waals surface area contributed by atoms with Gasteiger partial charge in [-0.15, -0.1) is 0 Å². The fourth-order valence-corrected chi connectivity index (χ4v) is 3.62. The van der Waals surface area contributed by atoms with Gasteiger partial charge in [0.05, 0.1) is 6.61 Å². The molecule has 0 bridgehead atoms. The lowest BCUT2D eigenvalue weighted by Gasteiger charge is -2.40. The van der Waals surface area contributed by atoms with Gasteiger partial charge < -0.3 is 30.3 Å². The van der Waals surface area contributed by atoms with Crippen LogP contribution in [0.25, 0.3) is 0 Å². The van der Waals surface area contributed by atoms with Gasteiger partial charge in [-0.1, -0.05) is 47.7 Å². The Morgan fingerprint density at radius 1 is 1.00 bits per heavy atom. The highest BCUT2D eigenvalue weighted by molar-refractivity contribution is 6.31. The van der Waals surface area contributed by atoms with E-state index in [2.05, 4.69) is 11.8 Å². The third-order valence-electron chi connectivity index (χ3n) is 5.15. The van der Waals surface area contributed by atoms with Crippen molar-refractivity contribution >= 4 is 11.6 Å². The number of hydrogen-bond donors (Lipinski definition) is 5. The minimum Gasteiger partial charge on any atom is -0.394 e. The molecular formula is C24H27ClO6. The third kappa shape index (κ3) is 5.85. The van der Waals surface area contributed by atoms with E-state index in [0.29, 0.717) is 17.0 Å². The smallest absolute Gasteiger partial charge is 0.120 e. The van der Waals surface area contributed by atoms with Crippen molar-refractivity contribution in [3.05, 3.63) is 69.7 Å². The monoisotopic (exact) mass is 446 g/mol. The van der Waals surface area contributed by atoms with Gasteiger partial charge in [-0.3, -0.25) is 0 Å². The minimum absolute atomic E-state index is 0.482. The Bertz CT molecular complexity index is 955. The molecule has 1 aliphatic heterocycles. The van der Waals surface area contributed by atoms with E-state index in [4.69, 9.17) is 16.3 Å². The summed E-state index contributed by atoms with van der Waals surface area (Å²) in [6.45, 7) is 2.77. The van der Waals surface area contributed by atoms with Gasteiger partial charge in [-0.2, -0.15) is 0 Å². The first-order valence-corrected chi connectivity index (χ1v) is 10.4. The van der Waals surface area contributed by atoms with Gasteiger partial charge >= 0.3 is 0 Å². The summed E-state index contributed by atoms with van der Waals surface area (Å²) in [4.78, 5) is 0. The molecule has 0 aliphatic carbocycles. The highest BCUT2D eigenvalue weighted by Crippen LogP contribution is 2.34. The molecule has 0 aromatic heterocycles. The van der Waals surface area contributed by atoms with Crippen molar-refractivity contribution in [1.29, 1.82) is 0 Å². The standard InChI is InChI=1S/C24H27ClO6/c1-24(2,30)10-9-14-3-5-15(6-4-14)11-17-12-16(7-8-18(17)25)23-22(29)21(28)20(27)19(13-26)31-23/h3-8,12,19-23,26-30H,11,13H2,1-2H3/t19?,20-,21+,22-,23+/m1/s1. The van der Waals surface area contributed by atoms with Crippen LogP contribution in [0.1, 0.15) is 42.2 Å². The van der Waals surface area contributed by atoms with Crippen LogP contribution in [0.4, 0.5) is 0 Å². The zero-order chi connectivity index (χ0) is 22.8. The zero-order valence-electron chi connectivity index (χ0n) is 17.4. The molecule has 1 saturated heterocycles. The van der Waals surface area contributed by atoms with E-state index in [0.717, 1.165) is 16.7 Å². The largest absolute Gasteiger partial charge is 0.394 e. The molecule has 0 amide bonds. The molecule has 5 N–H and O–H groups in total. The topological polar surface area (TPSA) is 110 Å². The first-order chi connectivity index (χ1) is 14.6. The first kappa shape index (κ1) is 23.7. The van der Waals surface area contributed by atoms with Gasteiger partial charge in [-0.25, -0.2) is 0 Å². The Morgan fingerprint density at radius 2 is 1.68 bits per heavy atom. The van der Waals surface area contributed by atoms with Crippen LogP contribution in [0, 0.1) is 11.8 Å². The maximum Gasteiger partial charge on any atom is 0.120 e. The van der Waals surface area contributed by atoms with Crippen molar-refractivity contribution in [3.63, 3.8) is 0 Å². The molecule has 7 heteroatoms. The van der Waals surface area contributed by atoms with Crippen molar-refractivity contribution in [3.8, 4) is 11.8 Å². The first-order valence-electron chi connectivity index (χ1n) is 10.0. The molecule has 1 aliphatic rings. The van der Waals surface area contributed by atoms with E-state index in [1.165, 1.54) is 0 Å². The Hall–Kier alpha value is -1.95. The number of hydrogen-bond acceptors (Lipinski definition) is 6. The maximum absolute atomic E-state index is 10.4. The fourth-order valence-electron chi connectivity index (χ4n) is 3.44. The Morgan fingerprint density at radius 3 is 2.29 bits per heavy atom. The van der Waals surface area contributed by atoms with Gasteiger partial charge in [0.2, 0.25) is 0 Å². The molecular weight excluding hydrogens is 420 g/mol. The van der Waals surface area contributed by atoms with Gasteiger partial charge in [0.25, 0.3) is 0 Å². The predicted molar refractivity (Wildman–Crippen MR) is 117 cm³/mol. The molecule has 3 rings (SSSR count). The van der Waals surface area contributed by atoms with Crippen molar-refractivity contribution in [2.75, 3.05) is 6.61 Å². The van der Waals surface area contributed by atoms with Crippen molar-refractivity contribution in [1.82, 2.24) is 0 Å². The molecule has 31 heavy (non-hydrogen) atoms. The lowest BCUT2D eigenvalue weighted by atomic mass is 9.90. The fraction of sp³-hybridized carbons (Fsp3) is 0.417. The molecule has 2 aromatic carbocycles. The van der Waals surface area contributed by atoms with Crippen LogP contribution < -0.4 is 0 Å². The molecule has 0 saturated carbocycles. The average Bonchev–Trinajstić information content (AvgIpc) is 2.73. The Labute approximate surface area is 186 Å². The maximum atomic E-state index is 10.4. The Balaban J connectivity index is 1.81. The predicted octanol–water partition coefficient (Wildman–Crippen LogP) is 1.57. The highest BCUT2D eigenvalue weighted by Gasteiger charge is 2.44. The SMILES string of the molecule is CC(C)(O)C#Cc1ccc(Cc2cc([C@@H]3OC(CO)[C@@H](O)[C@H](O)[C@H]3O)ccc2Cl)cc1. The highest BCUT2D eigenvalue weighted by atomic mass is 35.5. The number of halogens is 1. The van der Waals surface area contributed by atoms with Crippen molar-refractivity contribution in [2.24, 2.45) is 0 Å². The average molecular weight is 447 g/mol. The quantitative estimate of drug-likeness (QED) is 0.456. The van der Waals surface area contributed by atoms with Crippen LogP contribution in [0.2, 0.25) is 5.02 Å². The van der Waals surface area contributed by atoms with Gasteiger partial charge in [-0.05, 0) is 55.2 Å². The van der Waals surface area contributed by atoms with Crippen LogP contribution in [0.5, 0.6) is 0 Å². The summed E-state index contributed by atoms with van der Waals surface area (Å²) in [5, 5.41) is 50.1. The van der Waals surface area contributed by atoms with E-state index in [1.54, 1.807) is 32.0 Å². The van der Waals surface area contributed by atoms with Crippen LogP contribution in [-0.2, 0) is 11.2 Å². The molecule has 6 nitrogen and oxygen atoms in total. The molecule has 0 spiro atoms. The summed E-state index contributed by atoms with van der Waals surface area (Å²) in [6.07, 6.45) is -5.55. The number of aliphatic hydroxyl groups excluding tert-OH is 4. The molecule has 1 fully saturated rings. The molecule has 166 valence electrons. The summed E-state index contributed by atoms with van der Waals surface area (Å²) in [5.41, 5.74) is 2.10. The van der Waals surface area contributed by atoms with Crippen molar-refractivity contribution < 1.29 is 30.3 Å². The normalized spacial score (nSPS) is 26.3. The second-order valence-corrected chi connectivity index (χ2v) is 8.69. The van der Waals surface area contributed by atoms with E-state index < -0.39 is 42.7 Å². The summed E-state index contributed by atoms with van der Waals surface area (Å²) < 4.78 is 5.64. The van der Waals surface area contributed by atoms with E-state index in [9.17, 15) is 25.5 Å². The number of ether oxygens (including phenoxy) is 1. The van der Waals surface area contributed by atoms with E-state index in [-0.39, 0.29) is 0 Å². The molecule has 2 aromatic rings. The second-order valence-electron chi connectivity index (χ2n) is 8.28. The lowest BCUT2D eigenvalue weighted by Crippen LogP contribution is -2.55. The second kappa shape index (κ2) is 9.68. The zero-order valence-corrected chi connectivity index (χ0v) is 18.1. The van der Waals surface area contributed by atoms with Gasteiger partial charge in [0.15, 0.2) is 0 Å². The minimum atomic E-state index is -1.44. The summed E-state index contributed by atoms with van der Waals surface area (Å²) >= 11 is 6.38. The lowest BCUT2D eigenvalue weighted by molar-refractivity contribution is -0.231. The summed E-state index contributed by atoms with van der Waals surface area (Å²) in [5.74, 6) is 5.70. The number of rotatable bonds is 4. The van der Waals surface area contributed by atoms with Crippen molar-refractivity contribution in [2.45, 2.75) is 56.4 Å². The van der Waals surface area contributed by atoms with Crippen LogP contribution in [0.15, 0.2) is 42.5 Å². The number of aliphatic hydroxyl groups is 5. The third-order valence-corrected chi connectivity index (χ3v) is 5.52. The Kier molecular flexibility index (Phi) is 7.40. The van der Waals surface area contributed by atoms with E-state index >= 15 is 0 Å². The number of benzene rings is 2. The van der Waals surface area contributed by atoms with Crippen LogP contribution in [0.3, 0.4) is 0 Å². The molecule has 5 atom stereocenters. The van der Waals surface area contributed by atoms with Gasteiger partial charge in [0, 0.05) is 10.6 Å². The molecule has 1 heterocycles. The molecule has 0 radical (unpaired) electrons. The summed E-state index contributed by atoms with van der Waals surface area (Å²) in [7, 11) is 0. The molecule has 1 unspecified atom stereocenters. The van der Waals surface area contributed by atoms with Crippen LogP contribution in [-0.4, -0.2) is 62.2 Å². The van der Waals surface area contributed by atoms with E-state index in [1.807, 2.05) is 24.3 Å². The van der Waals surface area contributed by atoms with Gasteiger partial charge in [0.1, 0.15) is 36.1 Å². The van der Waals surface area contributed by atoms with Crippen LogP contribution >= 0.6 is 11.6 Å². The summed E-state index contributed by atoms with van der Waals surface area (Å²) in [6, 6.07) is 12.7.